The van der Waals surface area contributed by atoms with Gasteiger partial charge in [0.05, 0.1) is 10.2 Å². The first-order valence-electron chi connectivity index (χ1n) is 6.79. The number of aryl methyl sites for hydroxylation is 2. The molecule has 0 radical (unpaired) electrons. The van der Waals surface area contributed by atoms with E-state index in [1.54, 1.807) is 6.07 Å². The second-order valence-electron chi connectivity index (χ2n) is 5.21. The zero-order valence-electron chi connectivity index (χ0n) is 12.0. The van der Waals surface area contributed by atoms with Crippen LogP contribution < -0.4 is 5.32 Å². The highest BCUT2D eigenvalue weighted by atomic mass is 32.1. The fourth-order valence-electron chi connectivity index (χ4n) is 2.47. The molecule has 0 bridgehead atoms. The molecule has 0 aliphatic heterocycles. The van der Waals surface area contributed by atoms with Crippen molar-refractivity contribution in [2.24, 2.45) is 0 Å². The Balaban J connectivity index is 1.74. The van der Waals surface area contributed by atoms with Crippen LogP contribution in [0.4, 0.5) is 15.5 Å². The van der Waals surface area contributed by atoms with E-state index >= 15 is 0 Å². The highest BCUT2D eigenvalue weighted by Gasteiger charge is 2.11. The van der Waals surface area contributed by atoms with Gasteiger partial charge in [-0.2, -0.15) is 4.98 Å². The van der Waals surface area contributed by atoms with Gasteiger partial charge in [-0.1, -0.05) is 17.4 Å². The van der Waals surface area contributed by atoms with Crippen molar-refractivity contribution in [3.8, 4) is 0 Å². The van der Waals surface area contributed by atoms with Gasteiger partial charge in [0.15, 0.2) is 10.7 Å². The monoisotopic (exact) mass is 313 g/mol. The summed E-state index contributed by atoms with van der Waals surface area (Å²) in [4.78, 5) is 8.83. The van der Waals surface area contributed by atoms with Crippen molar-refractivity contribution in [1.82, 2.24) is 9.97 Å². The molecule has 22 heavy (non-hydrogen) atoms. The lowest BCUT2D eigenvalue weighted by Gasteiger charge is -1.95. The Hall–Kier alpha value is -2.47. The van der Waals surface area contributed by atoms with Crippen LogP contribution in [0.2, 0.25) is 0 Å². The van der Waals surface area contributed by atoms with Crippen molar-refractivity contribution in [3.05, 3.63) is 47.3 Å². The molecule has 4 aromatic rings. The van der Waals surface area contributed by atoms with Crippen molar-refractivity contribution in [1.29, 1.82) is 0 Å². The third kappa shape index (κ3) is 2.21. The standard InChI is InChI=1S/C16H12FN3OS/c1-8-5-9(2)14-12(6-8)18-15(21-14)20-16-19-11-4-3-10(17)7-13(11)22-16/h3-7H,1-2H3,(H,18,19,20). The molecule has 0 aliphatic rings. The quantitative estimate of drug-likeness (QED) is 0.569. The van der Waals surface area contributed by atoms with Crippen LogP contribution in [0, 0.1) is 19.7 Å². The summed E-state index contributed by atoms with van der Waals surface area (Å²) in [6.45, 7) is 4.01. The molecule has 2 aromatic carbocycles. The molecular formula is C16H12FN3OS. The number of thiazole rings is 1. The van der Waals surface area contributed by atoms with E-state index in [-0.39, 0.29) is 5.82 Å². The number of benzene rings is 2. The van der Waals surface area contributed by atoms with E-state index in [0.717, 1.165) is 32.4 Å². The van der Waals surface area contributed by atoms with Gasteiger partial charge in [-0.25, -0.2) is 9.37 Å². The van der Waals surface area contributed by atoms with Crippen molar-refractivity contribution in [2.45, 2.75) is 13.8 Å². The number of nitrogens with zero attached hydrogens (tertiary/aromatic N) is 2. The second-order valence-corrected chi connectivity index (χ2v) is 6.24. The van der Waals surface area contributed by atoms with Crippen molar-refractivity contribution in [2.75, 3.05) is 5.32 Å². The number of oxazole rings is 1. The molecule has 4 nitrogen and oxygen atoms in total. The summed E-state index contributed by atoms with van der Waals surface area (Å²) in [7, 11) is 0. The Morgan fingerprint density at radius 3 is 2.82 bits per heavy atom. The lowest BCUT2D eigenvalue weighted by molar-refractivity contribution is 0.620. The van der Waals surface area contributed by atoms with E-state index in [4.69, 9.17) is 4.42 Å². The fourth-order valence-corrected chi connectivity index (χ4v) is 3.35. The lowest BCUT2D eigenvalue weighted by atomic mass is 10.1. The van der Waals surface area contributed by atoms with Crippen LogP contribution in [0.15, 0.2) is 34.7 Å². The van der Waals surface area contributed by atoms with Gasteiger partial charge in [-0.15, -0.1) is 0 Å². The molecule has 0 amide bonds. The predicted molar refractivity (Wildman–Crippen MR) is 86.3 cm³/mol. The first-order chi connectivity index (χ1) is 10.6. The minimum Gasteiger partial charge on any atom is -0.423 e. The van der Waals surface area contributed by atoms with Gasteiger partial charge in [0.1, 0.15) is 11.3 Å². The van der Waals surface area contributed by atoms with E-state index in [0.29, 0.717) is 11.1 Å². The largest absolute Gasteiger partial charge is 0.423 e. The molecule has 6 heteroatoms. The molecule has 0 aliphatic carbocycles. The maximum atomic E-state index is 13.2. The van der Waals surface area contributed by atoms with Crippen molar-refractivity contribution >= 4 is 43.8 Å². The van der Waals surface area contributed by atoms with E-state index in [1.165, 1.54) is 23.5 Å². The molecule has 0 spiro atoms. The Labute approximate surface area is 129 Å². The lowest BCUT2D eigenvalue weighted by Crippen LogP contribution is -1.88. The summed E-state index contributed by atoms with van der Waals surface area (Å²) in [6.07, 6.45) is 0. The SMILES string of the molecule is Cc1cc(C)c2oc(Nc3nc4ccc(F)cc4s3)nc2c1. The number of hydrogen-bond acceptors (Lipinski definition) is 5. The molecule has 0 unspecified atom stereocenters. The normalized spacial score (nSPS) is 11.4. The minimum atomic E-state index is -0.268. The number of fused-ring (bicyclic) bond motifs is 2. The van der Waals surface area contributed by atoms with Crippen LogP contribution >= 0.6 is 11.3 Å². The summed E-state index contributed by atoms with van der Waals surface area (Å²) >= 11 is 1.36. The topological polar surface area (TPSA) is 51.0 Å². The fraction of sp³-hybridized carbons (Fsp3) is 0.125. The van der Waals surface area contributed by atoms with E-state index < -0.39 is 0 Å². The first-order valence-corrected chi connectivity index (χ1v) is 7.61. The number of aromatic nitrogens is 2. The van der Waals surface area contributed by atoms with Gasteiger partial charge in [-0.3, -0.25) is 5.32 Å². The van der Waals surface area contributed by atoms with Gasteiger partial charge in [0.2, 0.25) is 0 Å². The summed E-state index contributed by atoms with van der Waals surface area (Å²) in [6, 6.07) is 8.95. The molecule has 4 rings (SSSR count). The van der Waals surface area contributed by atoms with Crippen LogP contribution in [-0.2, 0) is 0 Å². The van der Waals surface area contributed by atoms with E-state index in [9.17, 15) is 4.39 Å². The molecular weight excluding hydrogens is 301 g/mol. The molecule has 0 saturated heterocycles. The summed E-state index contributed by atoms with van der Waals surface area (Å²) in [5, 5.41) is 3.68. The van der Waals surface area contributed by atoms with Gasteiger partial charge >= 0.3 is 6.01 Å². The van der Waals surface area contributed by atoms with Crippen LogP contribution in [0.1, 0.15) is 11.1 Å². The van der Waals surface area contributed by atoms with Crippen LogP contribution in [0.25, 0.3) is 21.3 Å². The summed E-state index contributed by atoms with van der Waals surface area (Å²) in [5.41, 5.74) is 4.51. The number of rotatable bonds is 2. The first kappa shape index (κ1) is 13.2. The average molecular weight is 313 g/mol. The van der Waals surface area contributed by atoms with Crippen LogP contribution in [0.3, 0.4) is 0 Å². The van der Waals surface area contributed by atoms with Gasteiger partial charge in [-0.05, 0) is 49.2 Å². The third-order valence-electron chi connectivity index (χ3n) is 3.38. The summed E-state index contributed by atoms with van der Waals surface area (Å²) < 4.78 is 19.8. The minimum absolute atomic E-state index is 0.268. The van der Waals surface area contributed by atoms with Crippen LogP contribution in [0.5, 0.6) is 0 Å². The Kier molecular flexibility index (Phi) is 2.87. The highest BCUT2D eigenvalue weighted by molar-refractivity contribution is 7.22. The van der Waals surface area contributed by atoms with Gasteiger partial charge in [0.25, 0.3) is 0 Å². The Morgan fingerprint density at radius 1 is 1.09 bits per heavy atom. The molecule has 0 saturated carbocycles. The smallest absolute Gasteiger partial charge is 0.302 e. The third-order valence-corrected chi connectivity index (χ3v) is 4.32. The maximum Gasteiger partial charge on any atom is 0.302 e. The highest BCUT2D eigenvalue weighted by Crippen LogP contribution is 2.30. The van der Waals surface area contributed by atoms with E-state index in [1.807, 2.05) is 19.9 Å². The summed E-state index contributed by atoms with van der Waals surface area (Å²) in [5.74, 6) is -0.268. The molecule has 0 fully saturated rings. The predicted octanol–water partition coefficient (Wildman–Crippen LogP) is 4.94. The molecule has 1 N–H and O–H groups in total. The molecule has 2 heterocycles. The van der Waals surface area contributed by atoms with Crippen LogP contribution in [-0.4, -0.2) is 9.97 Å². The van der Waals surface area contributed by atoms with Gasteiger partial charge < -0.3 is 4.42 Å². The zero-order valence-corrected chi connectivity index (χ0v) is 12.8. The second kappa shape index (κ2) is 4.78. The Bertz CT molecular complexity index is 1010. The number of halogens is 1. The van der Waals surface area contributed by atoms with Gasteiger partial charge in [0, 0.05) is 0 Å². The molecule has 2 aromatic heterocycles. The molecule has 110 valence electrons. The maximum absolute atomic E-state index is 13.2. The van der Waals surface area contributed by atoms with Crippen molar-refractivity contribution < 1.29 is 8.81 Å². The average Bonchev–Trinajstić information content (AvgIpc) is 3.01. The van der Waals surface area contributed by atoms with E-state index in [2.05, 4.69) is 21.4 Å². The van der Waals surface area contributed by atoms with Crippen molar-refractivity contribution in [3.63, 3.8) is 0 Å². The Morgan fingerprint density at radius 2 is 1.95 bits per heavy atom. The zero-order chi connectivity index (χ0) is 15.3. The number of hydrogen-bond donors (Lipinski definition) is 1. The number of nitrogens with one attached hydrogen (secondary N) is 1. The molecule has 0 atom stereocenters. The number of anilines is 2.